The number of imidazole rings is 1. The highest BCUT2D eigenvalue weighted by atomic mass is 35.5. The van der Waals surface area contributed by atoms with Gasteiger partial charge in [0.1, 0.15) is 0 Å². The molecule has 2 aromatic rings. The lowest BCUT2D eigenvalue weighted by molar-refractivity contribution is 0.0761. The monoisotopic (exact) mass is 355 g/mol. The first-order chi connectivity index (χ1) is 11.0. The van der Waals surface area contributed by atoms with E-state index >= 15 is 0 Å². The van der Waals surface area contributed by atoms with Gasteiger partial charge in [-0.1, -0.05) is 42.5 Å². The Kier molecular flexibility index (Phi) is 5.47. The molecule has 6 heteroatoms. The summed E-state index contributed by atoms with van der Waals surface area (Å²) in [5.41, 5.74) is 1.69. The molecule has 1 atom stereocenters. The minimum absolute atomic E-state index is 0.341. The minimum atomic E-state index is -0.341. The summed E-state index contributed by atoms with van der Waals surface area (Å²) in [7, 11) is 0. The van der Waals surface area contributed by atoms with Crippen LogP contribution in [0.2, 0.25) is 10.0 Å². The predicted molar refractivity (Wildman–Crippen MR) is 94.2 cm³/mol. The van der Waals surface area contributed by atoms with Crippen LogP contribution in [-0.2, 0) is 6.54 Å². The number of aromatic nitrogens is 2. The maximum atomic E-state index is 9.85. The summed E-state index contributed by atoms with van der Waals surface area (Å²) in [5, 5.41) is 11.0. The van der Waals surface area contributed by atoms with Crippen molar-refractivity contribution in [1.82, 2.24) is 14.3 Å². The number of aliphatic hydroxyl groups is 1. The van der Waals surface area contributed by atoms with Crippen LogP contribution in [0.3, 0.4) is 0 Å². The summed E-state index contributed by atoms with van der Waals surface area (Å²) < 4.78 is 1.88. The van der Waals surface area contributed by atoms with E-state index in [9.17, 15) is 5.11 Å². The van der Waals surface area contributed by atoms with Crippen molar-refractivity contribution in [2.45, 2.75) is 57.7 Å². The average Bonchev–Trinajstić information content (AvgIpc) is 2.90. The molecule has 23 heavy (non-hydrogen) atoms. The van der Waals surface area contributed by atoms with Crippen molar-refractivity contribution < 1.29 is 5.11 Å². The second-order valence-corrected chi connectivity index (χ2v) is 7.38. The summed E-state index contributed by atoms with van der Waals surface area (Å²) in [5.74, 6) is 0. The number of hydrogen-bond donors (Lipinski definition) is 1. The molecule has 1 saturated carbocycles. The van der Waals surface area contributed by atoms with Gasteiger partial charge in [0, 0.05) is 31.5 Å². The Bertz CT molecular complexity index is 665. The van der Waals surface area contributed by atoms with Gasteiger partial charge in [-0.05, 0) is 25.8 Å². The average molecular weight is 356 g/mol. The second-order valence-electron chi connectivity index (χ2n) is 6.54. The zero-order chi connectivity index (χ0) is 16.4. The first-order valence-electron chi connectivity index (χ1n) is 8.27. The summed E-state index contributed by atoms with van der Waals surface area (Å²) in [4.78, 5) is 7.01. The molecule has 1 N–H and O–H groups in total. The lowest BCUT2D eigenvalue weighted by Gasteiger charge is -2.34. The highest BCUT2D eigenvalue weighted by Crippen LogP contribution is 2.26. The van der Waals surface area contributed by atoms with Crippen LogP contribution in [0.25, 0.3) is 5.65 Å². The zero-order valence-electron chi connectivity index (χ0n) is 13.4. The van der Waals surface area contributed by atoms with E-state index in [1.165, 1.54) is 32.1 Å². The van der Waals surface area contributed by atoms with Crippen LogP contribution in [0, 0.1) is 0 Å². The number of fused-ring (bicyclic) bond motifs is 1. The fourth-order valence-corrected chi connectivity index (χ4v) is 4.02. The largest absolute Gasteiger partial charge is 0.392 e. The molecule has 4 nitrogen and oxygen atoms in total. The van der Waals surface area contributed by atoms with Crippen molar-refractivity contribution in [3.63, 3.8) is 0 Å². The molecule has 1 aliphatic rings. The highest BCUT2D eigenvalue weighted by Gasteiger charge is 2.23. The topological polar surface area (TPSA) is 40.8 Å². The second kappa shape index (κ2) is 7.39. The Morgan fingerprint density at radius 3 is 2.74 bits per heavy atom. The van der Waals surface area contributed by atoms with E-state index in [1.807, 2.05) is 23.7 Å². The van der Waals surface area contributed by atoms with Crippen molar-refractivity contribution in [2.75, 3.05) is 6.54 Å². The SMILES string of the molecule is CC(O)CN(Cc1cn2cc(Cl)cc(Cl)c2n1)C1CCCCC1. The molecular formula is C17H23Cl2N3O. The number of nitrogens with zero attached hydrogens (tertiary/aromatic N) is 3. The van der Waals surface area contributed by atoms with E-state index in [-0.39, 0.29) is 6.10 Å². The van der Waals surface area contributed by atoms with Gasteiger partial charge in [-0.15, -0.1) is 0 Å². The van der Waals surface area contributed by atoms with Crippen LogP contribution in [0.15, 0.2) is 18.5 Å². The molecule has 1 unspecified atom stereocenters. The quantitative estimate of drug-likeness (QED) is 0.875. The Morgan fingerprint density at radius 2 is 2.04 bits per heavy atom. The summed E-state index contributed by atoms with van der Waals surface area (Å²) in [6, 6.07) is 2.24. The smallest absolute Gasteiger partial charge is 0.156 e. The molecule has 0 amide bonds. The van der Waals surface area contributed by atoms with Gasteiger partial charge < -0.3 is 9.51 Å². The van der Waals surface area contributed by atoms with Crippen LogP contribution in [0.4, 0.5) is 0 Å². The number of aliphatic hydroxyl groups excluding tert-OH is 1. The molecule has 0 spiro atoms. The fraction of sp³-hybridized carbons (Fsp3) is 0.588. The van der Waals surface area contributed by atoms with Crippen molar-refractivity contribution in [3.8, 4) is 0 Å². The van der Waals surface area contributed by atoms with Gasteiger partial charge in [0.25, 0.3) is 0 Å². The Morgan fingerprint density at radius 1 is 1.30 bits per heavy atom. The Balaban J connectivity index is 1.82. The fourth-order valence-electron chi connectivity index (χ4n) is 3.49. The molecule has 2 aromatic heterocycles. The molecule has 3 rings (SSSR count). The van der Waals surface area contributed by atoms with Gasteiger partial charge in [-0.2, -0.15) is 0 Å². The number of rotatable bonds is 5. The van der Waals surface area contributed by atoms with Gasteiger partial charge in [0.2, 0.25) is 0 Å². The molecular weight excluding hydrogens is 333 g/mol. The van der Waals surface area contributed by atoms with Gasteiger partial charge in [0.15, 0.2) is 5.65 Å². The van der Waals surface area contributed by atoms with Gasteiger partial charge in [-0.3, -0.25) is 4.90 Å². The van der Waals surface area contributed by atoms with Crippen LogP contribution in [0.1, 0.15) is 44.7 Å². The number of halogens is 2. The van der Waals surface area contributed by atoms with E-state index in [0.29, 0.717) is 22.6 Å². The summed E-state index contributed by atoms with van der Waals surface area (Å²) in [6.07, 6.45) is 9.72. The van der Waals surface area contributed by atoms with Crippen molar-refractivity contribution in [1.29, 1.82) is 0 Å². The van der Waals surface area contributed by atoms with E-state index in [1.54, 1.807) is 6.07 Å². The van der Waals surface area contributed by atoms with Crippen molar-refractivity contribution in [2.24, 2.45) is 0 Å². The lowest BCUT2D eigenvalue weighted by Crippen LogP contribution is -2.40. The summed E-state index contributed by atoms with van der Waals surface area (Å²) >= 11 is 12.3. The predicted octanol–water partition coefficient (Wildman–Crippen LogP) is 4.16. The molecule has 0 radical (unpaired) electrons. The highest BCUT2D eigenvalue weighted by molar-refractivity contribution is 6.36. The molecule has 0 saturated heterocycles. The molecule has 0 bridgehead atoms. The van der Waals surface area contributed by atoms with Crippen molar-refractivity contribution in [3.05, 3.63) is 34.2 Å². The van der Waals surface area contributed by atoms with Crippen LogP contribution in [-0.4, -0.2) is 38.1 Å². The third kappa shape index (κ3) is 4.18. The molecule has 0 aromatic carbocycles. The Labute approximate surface area is 147 Å². The Hall–Kier alpha value is -0.810. The normalized spacial score (nSPS) is 18.0. The lowest BCUT2D eigenvalue weighted by atomic mass is 9.94. The number of hydrogen-bond acceptors (Lipinski definition) is 3. The molecule has 1 fully saturated rings. The van der Waals surface area contributed by atoms with E-state index in [4.69, 9.17) is 23.2 Å². The van der Waals surface area contributed by atoms with Crippen molar-refractivity contribution >= 4 is 28.8 Å². The van der Waals surface area contributed by atoms with E-state index < -0.39 is 0 Å². The third-order valence-corrected chi connectivity index (χ3v) is 4.96. The minimum Gasteiger partial charge on any atom is -0.392 e. The van der Waals surface area contributed by atoms with E-state index in [0.717, 1.165) is 17.9 Å². The maximum Gasteiger partial charge on any atom is 0.156 e. The third-order valence-electron chi connectivity index (χ3n) is 4.48. The first kappa shape index (κ1) is 17.0. The first-order valence-corrected chi connectivity index (χ1v) is 9.03. The van der Waals surface area contributed by atoms with Crippen LogP contribution >= 0.6 is 23.2 Å². The number of pyridine rings is 1. The van der Waals surface area contributed by atoms with Gasteiger partial charge >= 0.3 is 0 Å². The molecule has 126 valence electrons. The van der Waals surface area contributed by atoms with Gasteiger partial charge in [-0.25, -0.2) is 4.98 Å². The van der Waals surface area contributed by atoms with Crippen LogP contribution in [0.5, 0.6) is 0 Å². The molecule has 2 heterocycles. The zero-order valence-corrected chi connectivity index (χ0v) is 14.9. The van der Waals surface area contributed by atoms with Crippen LogP contribution < -0.4 is 0 Å². The standard InChI is InChI=1S/C17H23Cl2N3O/c1-12(23)8-21(15-5-3-2-4-6-15)10-14-11-22-9-13(18)7-16(19)17(22)20-14/h7,9,11-12,15,23H,2-6,8,10H2,1H3. The summed E-state index contributed by atoms with van der Waals surface area (Å²) in [6.45, 7) is 3.24. The molecule has 1 aliphatic carbocycles. The molecule has 0 aliphatic heterocycles. The van der Waals surface area contributed by atoms with Gasteiger partial charge in [0.05, 0.1) is 21.8 Å². The van der Waals surface area contributed by atoms with E-state index in [2.05, 4.69) is 9.88 Å². The maximum absolute atomic E-state index is 9.85.